The van der Waals surface area contributed by atoms with Crippen LogP contribution in [0.25, 0.3) is 11.4 Å². The van der Waals surface area contributed by atoms with Gasteiger partial charge in [-0.1, -0.05) is 47.6 Å². The Morgan fingerprint density at radius 2 is 1.89 bits per heavy atom. The molecule has 0 aliphatic heterocycles. The number of hydrogen-bond donors (Lipinski definition) is 0. The van der Waals surface area contributed by atoms with Crippen molar-refractivity contribution in [2.24, 2.45) is 0 Å². The molecule has 0 bridgehead atoms. The first kappa shape index (κ1) is 20.2. The minimum atomic E-state index is -0.323. The molecule has 2 aromatic carbocycles. The summed E-state index contributed by atoms with van der Waals surface area (Å²) in [6, 6.07) is 17.0. The molecule has 1 amide bonds. The van der Waals surface area contributed by atoms with Gasteiger partial charge in [-0.05, 0) is 43.3 Å². The molecular formula is C21H21ClN4OS. The van der Waals surface area contributed by atoms with Crippen molar-refractivity contribution in [3.05, 3.63) is 72.3 Å². The Balaban J connectivity index is 1.82. The molecule has 0 spiro atoms. The highest BCUT2D eigenvalue weighted by atomic mass is 35.5. The minimum Gasteiger partial charge on any atom is -0.315 e. The highest BCUT2D eigenvalue weighted by molar-refractivity contribution is 8.00. The third kappa shape index (κ3) is 4.46. The summed E-state index contributed by atoms with van der Waals surface area (Å²) in [5.41, 5.74) is 1.76. The first-order valence-corrected chi connectivity index (χ1v) is 10.1. The molecule has 0 saturated carbocycles. The molecule has 7 heteroatoms. The molecule has 0 saturated heterocycles. The van der Waals surface area contributed by atoms with Crippen LogP contribution in [0.5, 0.6) is 0 Å². The van der Waals surface area contributed by atoms with Crippen LogP contribution in [0.15, 0.2) is 72.4 Å². The predicted molar refractivity (Wildman–Crippen MR) is 116 cm³/mol. The van der Waals surface area contributed by atoms with Gasteiger partial charge in [0.05, 0.1) is 5.25 Å². The number of carbonyl (C=O) groups is 1. The number of thioether (sulfide) groups is 1. The molecule has 0 aliphatic rings. The second-order valence-electron chi connectivity index (χ2n) is 6.21. The van der Waals surface area contributed by atoms with Crippen LogP contribution < -0.4 is 4.90 Å². The fourth-order valence-corrected chi connectivity index (χ4v) is 3.82. The molecule has 0 unspecified atom stereocenters. The molecule has 1 atom stereocenters. The fraction of sp³-hybridized carbons (Fsp3) is 0.190. The van der Waals surface area contributed by atoms with E-state index in [0.29, 0.717) is 16.7 Å². The predicted octanol–water partition coefficient (Wildman–Crippen LogP) is 4.93. The molecule has 0 fully saturated rings. The van der Waals surface area contributed by atoms with Crippen LogP contribution in [0, 0.1) is 0 Å². The molecule has 1 aromatic heterocycles. The fourth-order valence-electron chi connectivity index (χ4n) is 2.74. The SMILES string of the molecule is C=CCn1c(S[C@@H](C)C(=O)N(C)c2ccccc2)nnc1-c1ccc(Cl)cc1. The van der Waals surface area contributed by atoms with Crippen molar-refractivity contribution in [1.29, 1.82) is 0 Å². The zero-order valence-corrected chi connectivity index (χ0v) is 17.3. The summed E-state index contributed by atoms with van der Waals surface area (Å²) in [7, 11) is 1.78. The lowest BCUT2D eigenvalue weighted by Gasteiger charge is -2.21. The molecule has 5 nitrogen and oxygen atoms in total. The summed E-state index contributed by atoms with van der Waals surface area (Å²) < 4.78 is 1.95. The lowest BCUT2D eigenvalue weighted by atomic mass is 10.2. The van der Waals surface area contributed by atoms with Crippen LogP contribution in [-0.2, 0) is 11.3 Å². The summed E-state index contributed by atoms with van der Waals surface area (Å²) in [6.07, 6.45) is 1.79. The van der Waals surface area contributed by atoms with E-state index in [1.54, 1.807) is 18.0 Å². The summed E-state index contributed by atoms with van der Waals surface area (Å²) >= 11 is 7.37. The van der Waals surface area contributed by atoms with Gasteiger partial charge in [0, 0.05) is 29.9 Å². The first-order valence-electron chi connectivity index (χ1n) is 8.80. The Bertz CT molecular complexity index is 956. The number of hydrogen-bond acceptors (Lipinski definition) is 4. The van der Waals surface area contributed by atoms with Crippen molar-refractivity contribution >= 4 is 35.0 Å². The summed E-state index contributed by atoms with van der Waals surface area (Å²) in [6.45, 7) is 6.25. The number of benzene rings is 2. The average Bonchev–Trinajstić information content (AvgIpc) is 3.10. The third-order valence-electron chi connectivity index (χ3n) is 4.23. The smallest absolute Gasteiger partial charge is 0.240 e. The van der Waals surface area contributed by atoms with Gasteiger partial charge >= 0.3 is 0 Å². The lowest BCUT2D eigenvalue weighted by molar-refractivity contribution is -0.117. The number of anilines is 1. The van der Waals surface area contributed by atoms with Crippen molar-refractivity contribution in [3.63, 3.8) is 0 Å². The summed E-state index contributed by atoms with van der Waals surface area (Å²) in [4.78, 5) is 14.5. The zero-order valence-electron chi connectivity index (χ0n) is 15.7. The van der Waals surface area contributed by atoms with Crippen molar-refractivity contribution in [3.8, 4) is 11.4 Å². The molecule has 28 heavy (non-hydrogen) atoms. The number of amides is 1. The maximum absolute atomic E-state index is 12.8. The Hall–Kier alpha value is -2.57. The molecule has 3 aromatic rings. The van der Waals surface area contributed by atoms with Crippen LogP contribution in [0.2, 0.25) is 5.02 Å². The molecule has 3 rings (SSSR count). The topological polar surface area (TPSA) is 51.0 Å². The molecule has 1 heterocycles. The Kier molecular flexibility index (Phi) is 6.54. The van der Waals surface area contributed by atoms with E-state index in [0.717, 1.165) is 17.1 Å². The van der Waals surface area contributed by atoms with E-state index in [1.807, 2.05) is 66.1 Å². The van der Waals surface area contributed by atoms with Gasteiger partial charge in [-0.2, -0.15) is 0 Å². The van der Waals surface area contributed by atoms with Crippen LogP contribution in [-0.4, -0.2) is 33.0 Å². The van der Waals surface area contributed by atoms with Crippen molar-refractivity contribution in [2.75, 3.05) is 11.9 Å². The van der Waals surface area contributed by atoms with Gasteiger partial charge in [0.1, 0.15) is 0 Å². The number of carbonyl (C=O) groups excluding carboxylic acids is 1. The van der Waals surface area contributed by atoms with E-state index < -0.39 is 0 Å². The quantitative estimate of drug-likeness (QED) is 0.408. The molecular weight excluding hydrogens is 392 g/mol. The summed E-state index contributed by atoms with van der Waals surface area (Å²) in [5, 5.41) is 9.65. The van der Waals surface area contributed by atoms with Gasteiger partial charge in [-0.15, -0.1) is 16.8 Å². The second kappa shape index (κ2) is 9.08. The summed E-state index contributed by atoms with van der Waals surface area (Å²) in [5.74, 6) is 0.715. The van der Waals surface area contributed by atoms with Gasteiger partial charge < -0.3 is 4.90 Å². The van der Waals surface area contributed by atoms with Crippen LogP contribution in [0.3, 0.4) is 0 Å². The average molecular weight is 413 g/mol. The Labute approximate surface area is 174 Å². The van der Waals surface area contributed by atoms with Crippen LogP contribution in [0.1, 0.15) is 6.92 Å². The number of halogens is 1. The van der Waals surface area contributed by atoms with Crippen molar-refractivity contribution < 1.29 is 4.79 Å². The number of nitrogens with zero attached hydrogens (tertiary/aromatic N) is 4. The standard InChI is InChI=1S/C21H21ClN4OS/c1-4-14-26-19(16-10-12-17(22)13-11-16)23-24-21(26)28-15(2)20(27)25(3)18-8-6-5-7-9-18/h4-13,15H,1,14H2,2-3H3/t15-/m0/s1. The van der Waals surface area contributed by atoms with Gasteiger partial charge in [-0.3, -0.25) is 9.36 Å². The molecule has 0 aliphatic carbocycles. The molecule has 144 valence electrons. The number of rotatable bonds is 7. The van der Waals surface area contributed by atoms with Gasteiger partial charge in [0.25, 0.3) is 0 Å². The highest BCUT2D eigenvalue weighted by Gasteiger charge is 2.23. The van der Waals surface area contributed by atoms with Crippen molar-refractivity contribution in [2.45, 2.75) is 23.9 Å². The van der Waals surface area contributed by atoms with Crippen LogP contribution in [0.4, 0.5) is 5.69 Å². The number of allylic oxidation sites excluding steroid dienone is 1. The van der Waals surface area contributed by atoms with Crippen LogP contribution >= 0.6 is 23.4 Å². The third-order valence-corrected chi connectivity index (χ3v) is 5.55. The van der Waals surface area contributed by atoms with E-state index in [-0.39, 0.29) is 11.2 Å². The molecule has 0 N–H and O–H groups in total. The number of aromatic nitrogens is 3. The van der Waals surface area contributed by atoms with Gasteiger partial charge in [0.15, 0.2) is 11.0 Å². The zero-order chi connectivity index (χ0) is 20.1. The van der Waals surface area contributed by atoms with E-state index in [9.17, 15) is 4.79 Å². The Morgan fingerprint density at radius 3 is 2.54 bits per heavy atom. The molecule has 0 radical (unpaired) electrons. The van der Waals surface area contributed by atoms with E-state index in [1.165, 1.54) is 11.8 Å². The normalized spacial score (nSPS) is 11.8. The maximum atomic E-state index is 12.8. The lowest BCUT2D eigenvalue weighted by Crippen LogP contribution is -2.33. The minimum absolute atomic E-state index is 0.00241. The highest BCUT2D eigenvalue weighted by Crippen LogP contribution is 2.29. The van der Waals surface area contributed by atoms with E-state index in [4.69, 9.17) is 11.6 Å². The van der Waals surface area contributed by atoms with Gasteiger partial charge in [0.2, 0.25) is 5.91 Å². The number of para-hydroxylation sites is 1. The first-order chi connectivity index (χ1) is 13.5. The maximum Gasteiger partial charge on any atom is 0.240 e. The second-order valence-corrected chi connectivity index (χ2v) is 7.95. The Morgan fingerprint density at radius 1 is 1.21 bits per heavy atom. The monoisotopic (exact) mass is 412 g/mol. The van der Waals surface area contributed by atoms with E-state index in [2.05, 4.69) is 16.8 Å². The van der Waals surface area contributed by atoms with Gasteiger partial charge in [-0.25, -0.2) is 0 Å². The largest absolute Gasteiger partial charge is 0.315 e. The van der Waals surface area contributed by atoms with E-state index >= 15 is 0 Å². The van der Waals surface area contributed by atoms with Crippen molar-refractivity contribution in [1.82, 2.24) is 14.8 Å².